The molecule has 0 aliphatic rings. The lowest BCUT2D eigenvalue weighted by Crippen LogP contribution is -2.30. The highest BCUT2D eigenvalue weighted by atomic mass is 32.1. The summed E-state index contributed by atoms with van der Waals surface area (Å²) >= 11 is 1.73. The van der Waals surface area contributed by atoms with Gasteiger partial charge in [-0.05, 0) is 36.9 Å². The number of hydrogen-bond acceptors (Lipinski definition) is 4. The zero-order valence-electron chi connectivity index (χ0n) is 9.69. The van der Waals surface area contributed by atoms with Gasteiger partial charge in [-0.3, -0.25) is 10.5 Å². The Bertz CT molecular complexity index is 486. The molecule has 0 fully saturated rings. The minimum atomic E-state index is 0.0103. The lowest BCUT2D eigenvalue weighted by molar-refractivity contribution is 0.575. The number of nitrogens with two attached hydrogens (primary N) is 1. The quantitative estimate of drug-likeness (QED) is 0.629. The highest BCUT2D eigenvalue weighted by molar-refractivity contribution is 7.10. The zero-order chi connectivity index (χ0) is 11.7. The second-order valence-corrected chi connectivity index (χ2v) is 5.04. The minimum absolute atomic E-state index is 0.0103. The normalized spacial score (nSPS) is 13.0. The van der Waals surface area contributed by atoms with E-state index in [0.29, 0.717) is 0 Å². The third-order valence-electron chi connectivity index (χ3n) is 2.58. The standard InChI is InChI=1S/C11H16N4S/c1-7-4-10(15(3)14-7)11(13-12)9-5-8(2)16-6-9/h4-6,11,13H,12H2,1-3H3. The third-order valence-corrected chi connectivity index (χ3v) is 3.46. The maximum Gasteiger partial charge on any atom is 0.0886 e. The van der Waals surface area contributed by atoms with Crippen LogP contribution < -0.4 is 11.3 Å². The molecule has 2 aromatic rings. The molecule has 0 radical (unpaired) electrons. The Labute approximate surface area is 99.1 Å². The summed E-state index contributed by atoms with van der Waals surface area (Å²) in [6.45, 7) is 4.08. The molecule has 0 aliphatic heterocycles. The fraction of sp³-hybridized carbons (Fsp3) is 0.364. The number of aryl methyl sites for hydroxylation is 3. The number of aromatic nitrogens is 2. The monoisotopic (exact) mass is 236 g/mol. The highest BCUT2D eigenvalue weighted by Crippen LogP contribution is 2.25. The van der Waals surface area contributed by atoms with Crippen molar-refractivity contribution in [3.63, 3.8) is 0 Å². The molecule has 16 heavy (non-hydrogen) atoms. The van der Waals surface area contributed by atoms with Gasteiger partial charge in [-0.15, -0.1) is 11.3 Å². The molecule has 3 N–H and O–H groups in total. The van der Waals surface area contributed by atoms with Crippen LogP contribution in [0.4, 0.5) is 0 Å². The Morgan fingerprint density at radius 1 is 1.44 bits per heavy atom. The first-order valence-electron chi connectivity index (χ1n) is 5.13. The number of hydrazine groups is 1. The van der Waals surface area contributed by atoms with Crippen LogP contribution in [-0.4, -0.2) is 9.78 Å². The van der Waals surface area contributed by atoms with Gasteiger partial charge in [-0.2, -0.15) is 5.10 Å². The highest BCUT2D eigenvalue weighted by Gasteiger charge is 2.17. The average Bonchev–Trinajstić information content (AvgIpc) is 2.76. The lowest BCUT2D eigenvalue weighted by Gasteiger charge is -2.14. The van der Waals surface area contributed by atoms with Gasteiger partial charge in [0.25, 0.3) is 0 Å². The SMILES string of the molecule is Cc1cc(C(NN)c2csc(C)c2)n(C)n1. The van der Waals surface area contributed by atoms with Gasteiger partial charge in [0.1, 0.15) is 0 Å². The molecule has 86 valence electrons. The molecule has 4 nitrogen and oxygen atoms in total. The topological polar surface area (TPSA) is 55.9 Å². The molecule has 0 bridgehead atoms. The van der Waals surface area contributed by atoms with E-state index < -0.39 is 0 Å². The molecule has 0 aromatic carbocycles. The van der Waals surface area contributed by atoms with Gasteiger partial charge in [-0.1, -0.05) is 0 Å². The number of rotatable bonds is 3. The number of nitrogens with zero attached hydrogens (tertiary/aromatic N) is 2. The summed E-state index contributed by atoms with van der Waals surface area (Å²) in [5.74, 6) is 5.64. The van der Waals surface area contributed by atoms with Gasteiger partial charge in [0.05, 0.1) is 17.4 Å². The summed E-state index contributed by atoms with van der Waals surface area (Å²) in [5.41, 5.74) is 6.12. The summed E-state index contributed by atoms with van der Waals surface area (Å²) in [6.07, 6.45) is 0. The molecular formula is C11H16N4S. The van der Waals surface area contributed by atoms with Crippen LogP contribution in [0.1, 0.15) is 27.9 Å². The van der Waals surface area contributed by atoms with Crippen LogP contribution in [-0.2, 0) is 7.05 Å². The lowest BCUT2D eigenvalue weighted by atomic mass is 10.1. The third kappa shape index (κ3) is 2.02. The Morgan fingerprint density at radius 3 is 2.62 bits per heavy atom. The van der Waals surface area contributed by atoms with Gasteiger partial charge in [0, 0.05) is 11.9 Å². The Balaban J connectivity index is 2.40. The smallest absolute Gasteiger partial charge is 0.0886 e. The minimum Gasteiger partial charge on any atom is -0.271 e. The van der Waals surface area contributed by atoms with Crippen LogP contribution in [0.25, 0.3) is 0 Å². The molecule has 1 unspecified atom stereocenters. The van der Waals surface area contributed by atoms with E-state index in [0.717, 1.165) is 11.4 Å². The van der Waals surface area contributed by atoms with Crippen LogP contribution in [0.3, 0.4) is 0 Å². The Morgan fingerprint density at radius 2 is 2.19 bits per heavy atom. The summed E-state index contributed by atoms with van der Waals surface area (Å²) in [7, 11) is 1.94. The van der Waals surface area contributed by atoms with Crippen LogP contribution in [0.5, 0.6) is 0 Å². The molecule has 5 heteroatoms. The molecule has 2 rings (SSSR count). The van der Waals surface area contributed by atoms with E-state index in [2.05, 4.69) is 35.0 Å². The van der Waals surface area contributed by atoms with Crippen molar-refractivity contribution in [2.24, 2.45) is 12.9 Å². The van der Waals surface area contributed by atoms with Crippen molar-refractivity contribution < 1.29 is 0 Å². The van der Waals surface area contributed by atoms with Crippen molar-refractivity contribution in [3.05, 3.63) is 39.3 Å². The Hall–Kier alpha value is -1.17. The van der Waals surface area contributed by atoms with Gasteiger partial charge in [0.2, 0.25) is 0 Å². The molecule has 2 heterocycles. The van der Waals surface area contributed by atoms with Crippen LogP contribution in [0, 0.1) is 13.8 Å². The second-order valence-electron chi connectivity index (χ2n) is 3.92. The second kappa shape index (κ2) is 4.37. The molecule has 0 amide bonds. The number of hydrogen-bond donors (Lipinski definition) is 2. The predicted octanol–water partition coefficient (Wildman–Crippen LogP) is 1.65. The summed E-state index contributed by atoms with van der Waals surface area (Å²) < 4.78 is 1.87. The summed E-state index contributed by atoms with van der Waals surface area (Å²) in [5, 5.41) is 6.46. The molecule has 0 spiro atoms. The van der Waals surface area contributed by atoms with E-state index in [9.17, 15) is 0 Å². The van der Waals surface area contributed by atoms with Crippen LogP contribution in [0.2, 0.25) is 0 Å². The van der Waals surface area contributed by atoms with E-state index in [1.54, 1.807) is 11.3 Å². The van der Waals surface area contributed by atoms with Crippen molar-refractivity contribution in [2.75, 3.05) is 0 Å². The van der Waals surface area contributed by atoms with E-state index in [-0.39, 0.29) is 6.04 Å². The van der Waals surface area contributed by atoms with E-state index in [4.69, 9.17) is 5.84 Å². The summed E-state index contributed by atoms with van der Waals surface area (Å²) in [4.78, 5) is 1.29. The Kier molecular flexibility index (Phi) is 3.09. The molecule has 1 atom stereocenters. The molecule has 0 saturated heterocycles. The predicted molar refractivity (Wildman–Crippen MR) is 66.2 cm³/mol. The van der Waals surface area contributed by atoms with E-state index in [1.807, 2.05) is 18.7 Å². The van der Waals surface area contributed by atoms with Crippen molar-refractivity contribution in [1.82, 2.24) is 15.2 Å². The fourth-order valence-electron chi connectivity index (χ4n) is 1.87. The maximum absolute atomic E-state index is 5.64. The van der Waals surface area contributed by atoms with Crippen molar-refractivity contribution in [2.45, 2.75) is 19.9 Å². The number of nitrogens with one attached hydrogen (secondary N) is 1. The first-order valence-corrected chi connectivity index (χ1v) is 6.01. The largest absolute Gasteiger partial charge is 0.271 e. The van der Waals surface area contributed by atoms with Crippen LogP contribution >= 0.6 is 11.3 Å². The number of thiophene rings is 1. The average molecular weight is 236 g/mol. The fourth-order valence-corrected chi connectivity index (χ4v) is 2.60. The maximum atomic E-state index is 5.64. The van der Waals surface area contributed by atoms with Crippen molar-refractivity contribution >= 4 is 11.3 Å². The molecule has 2 aromatic heterocycles. The van der Waals surface area contributed by atoms with Gasteiger partial charge in [-0.25, -0.2) is 5.43 Å². The first-order chi connectivity index (χ1) is 7.61. The van der Waals surface area contributed by atoms with E-state index in [1.165, 1.54) is 10.4 Å². The van der Waals surface area contributed by atoms with Gasteiger partial charge in [0.15, 0.2) is 0 Å². The zero-order valence-corrected chi connectivity index (χ0v) is 10.5. The van der Waals surface area contributed by atoms with Gasteiger partial charge < -0.3 is 0 Å². The van der Waals surface area contributed by atoms with Crippen molar-refractivity contribution in [1.29, 1.82) is 0 Å². The molecule has 0 aliphatic carbocycles. The van der Waals surface area contributed by atoms with E-state index >= 15 is 0 Å². The molecular weight excluding hydrogens is 220 g/mol. The molecule has 0 saturated carbocycles. The first kappa shape index (κ1) is 11.3. The van der Waals surface area contributed by atoms with Crippen molar-refractivity contribution in [3.8, 4) is 0 Å². The summed E-state index contributed by atoms with van der Waals surface area (Å²) in [6, 6.07) is 4.21. The van der Waals surface area contributed by atoms with Gasteiger partial charge >= 0.3 is 0 Å². The van der Waals surface area contributed by atoms with Crippen LogP contribution in [0.15, 0.2) is 17.5 Å².